The van der Waals surface area contributed by atoms with Crippen LogP contribution in [-0.2, 0) is 17.6 Å². The Morgan fingerprint density at radius 1 is 1.35 bits per heavy atom. The number of nitrogens with zero attached hydrogens (tertiary/aromatic N) is 2. The molecule has 2 aliphatic carbocycles. The van der Waals surface area contributed by atoms with Gasteiger partial charge in [-0.2, -0.15) is 0 Å². The van der Waals surface area contributed by atoms with Crippen molar-refractivity contribution in [2.45, 2.75) is 19.8 Å². The number of aliphatic carboxylic acids is 1. The number of pyridine rings is 1. The van der Waals surface area contributed by atoms with Crippen molar-refractivity contribution < 1.29 is 19.1 Å². The van der Waals surface area contributed by atoms with E-state index in [-0.39, 0.29) is 18.1 Å². The molecule has 2 heterocycles. The van der Waals surface area contributed by atoms with Crippen molar-refractivity contribution in [2.75, 3.05) is 6.61 Å². The number of benzene rings is 1. The van der Waals surface area contributed by atoms with E-state index in [1.165, 1.54) is 10.4 Å². The monoisotopic (exact) mass is 371 g/mol. The summed E-state index contributed by atoms with van der Waals surface area (Å²) < 4.78 is 10.6. The summed E-state index contributed by atoms with van der Waals surface area (Å²) in [6.45, 7) is 2.16. The number of oxazole rings is 1. The Hall–Kier alpha value is -2.86. The summed E-state index contributed by atoms with van der Waals surface area (Å²) in [5.41, 5.74) is 1.17. The van der Waals surface area contributed by atoms with E-state index in [1.807, 2.05) is 24.3 Å². The minimum Gasteiger partial charge on any atom is -0.550 e. The Morgan fingerprint density at radius 2 is 2.19 bits per heavy atom. The minimum absolute atomic E-state index is 0.144. The number of hydrogen-bond acceptors (Lipinski definition) is 6. The number of ether oxygens (including phenoxy) is 1. The van der Waals surface area contributed by atoms with Crippen molar-refractivity contribution in [2.24, 2.45) is 0 Å². The lowest BCUT2D eigenvalue weighted by Crippen LogP contribution is -2.24. The Bertz CT molecular complexity index is 1000. The molecule has 2 aromatic rings. The lowest BCUT2D eigenvalue weighted by atomic mass is 10.1. The van der Waals surface area contributed by atoms with Crippen molar-refractivity contribution in [3.05, 3.63) is 75.3 Å². The maximum Gasteiger partial charge on any atom is 0.308 e. The van der Waals surface area contributed by atoms with Crippen LogP contribution < -0.4 is 9.84 Å². The van der Waals surface area contributed by atoms with Crippen LogP contribution >= 0.6 is 11.6 Å². The van der Waals surface area contributed by atoms with Crippen molar-refractivity contribution in [1.82, 2.24) is 9.97 Å². The van der Waals surface area contributed by atoms with E-state index in [4.69, 9.17) is 20.8 Å². The molecule has 0 atom stereocenters. The van der Waals surface area contributed by atoms with Gasteiger partial charge < -0.3 is 19.1 Å². The predicted molar refractivity (Wildman–Crippen MR) is 92.6 cm³/mol. The molecule has 7 heteroatoms. The second kappa shape index (κ2) is 8.01. The summed E-state index contributed by atoms with van der Waals surface area (Å²) in [5, 5.41) is 14.1. The van der Waals surface area contributed by atoms with Gasteiger partial charge in [-0.05, 0) is 29.8 Å². The fourth-order valence-electron chi connectivity index (χ4n) is 2.37. The second-order valence-corrected chi connectivity index (χ2v) is 5.96. The van der Waals surface area contributed by atoms with Gasteiger partial charge in [-0.15, -0.1) is 0 Å². The fourth-order valence-corrected chi connectivity index (χ4v) is 2.66. The zero-order chi connectivity index (χ0) is 18.5. The van der Waals surface area contributed by atoms with Crippen LogP contribution in [0.3, 0.4) is 0 Å². The molecule has 2 aromatic heterocycles. The van der Waals surface area contributed by atoms with Crippen molar-refractivity contribution in [3.63, 3.8) is 0 Å². The highest BCUT2D eigenvalue weighted by Gasteiger charge is 2.15. The smallest absolute Gasteiger partial charge is 0.308 e. The molecule has 2 aliphatic rings. The molecule has 6 nitrogen and oxygen atoms in total. The van der Waals surface area contributed by atoms with E-state index >= 15 is 0 Å². The Labute approximate surface area is 154 Å². The maximum absolute atomic E-state index is 10.6. The molecule has 0 saturated heterocycles. The first-order valence-electron chi connectivity index (χ1n) is 8.07. The largest absolute Gasteiger partial charge is 0.550 e. The van der Waals surface area contributed by atoms with Crippen molar-refractivity contribution >= 4 is 17.6 Å². The quantitative estimate of drug-likeness (QED) is 0.516. The topological polar surface area (TPSA) is 88.3 Å². The standard InChI is InChI=1S/C13H14N2O4.C6H3Cl/c1-2-18-13-10(7-12(16)17)15-11(19-13)6-9-4-3-5-14-8-9;7-6-3-4-1-2-5(4)6/h3-5,8H,2,6-7H2,1H3,(H,16,17);1-3H/p-1. The molecule has 0 spiro atoms. The molecular weight excluding hydrogens is 356 g/mol. The minimum atomic E-state index is -1.22. The van der Waals surface area contributed by atoms with Crippen LogP contribution in [0.4, 0.5) is 0 Å². The van der Waals surface area contributed by atoms with E-state index in [9.17, 15) is 9.90 Å². The van der Waals surface area contributed by atoms with Crippen molar-refractivity contribution in [1.29, 1.82) is 0 Å². The Morgan fingerprint density at radius 3 is 2.65 bits per heavy atom. The third-order valence-corrected chi connectivity index (χ3v) is 3.96. The zero-order valence-corrected chi connectivity index (χ0v) is 14.8. The highest BCUT2D eigenvalue weighted by atomic mass is 35.5. The molecule has 0 N–H and O–H groups in total. The summed E-state index contributed by atoms with van der Waals surface area (Å²) in [7, 11) is 0. The molecule has 0 amide bonds. The molecule has 0 aromatic carbocycles. The molecule has 26 heavy (non-hydrogen) atoms. The number of rotatable bonds is 6. The van der Waals surface area contributed by atoms with Gasteiger partial charge in [0.1, 0.15) is 5.69 Å². The number of carboxylic acid groups (broad SMARTS) is 1. The Balaban J connectivity index is 0.000000229. The third kappa shape index (κ3) is 4.21. The van der Waals surface area contributed by atoms with Gasteiger partial charge in [0.2, 0.25) is 5.89 Å². The highest BCUT2D eigenvalue weighted by molar-refractivity contribution is 6.31. The number of halogens is 1. The summed E-state index contributed by atoms with van der Waals surface area (Å²) in [4.78, 5) is 18.7. The third-order valence-electron chi connectivity index (χ3n) is 3.65. The van der Waals surface area contributed by atoms with Gasteiger partial charge in [0, 0.05) is 35.0 Å². The van der Waals surface area contributed by atoms with Crippen LogP contribution in [0.25, 0.3) is 0 Å². The lowest BCUT2D eigenvalue weighted by molar-refractivity contribution is -0.304. The average Bonchev–Trinajstić information content (AvgIpc) is 2.94. The number of aromatic nitrogens is 2. The maximum atomic E-state index is 10.6. The Kier molecular flexibility index (Phi) is 5.53. The van der Waals surface area contributed by atoms with E-state index < -0.39 is 5.97 Å². The van der Waals surface area contributed by atoms with E-state index in [0.29, 0.717) is 18.9 Å². The summed E-state index contributed by atoms with van der Waals surface area (Å²) in [6.07, 6.45) is 3.47. The van der Waals surface area contributed by atoms with E-state index in [0.717, 1.165) is 10.6 Å². The second-order valence-electron chi connectivity index (χ2n) is 5.56. The normalized spacial score (nSPS) is 10.7. The van der Waals surface area contributed by atoms with Crippen LogP contribution in [0.5, 0.6) is 5.95 Å². The molecule has 0 unspecified atom stereocenters. The van der Waals surface area contributed by atoms with Crippen LogP contribution in [-0.4, -0.2) is 22.5 Å². The molecular formula is C19H16ClN2O4-. The van der Waals surface area contributed by atoms with Gasteiger partial charge in [-0.25, -0.2) is 4.98 Å². The summed E-state index contributed by atoms with van der Waals surface area (Å²) in [6, 6.07) is 9.75. The fraction of sp³-hybridized carbons (Fsp3) is 0.211. The van der Waals surface area contributed by atoms with Gasteiger partial charge in [-0.1, -0.05) is 29.8 Å². The van der Waals surface area contributed by atoms with E-state index in [2.05, 4.69) is 16.0 Å². The summed E-state index contributed by atoms with van der Waals surface area (Å²) in [5.74, 6) is -0.680. The zero-order valence-electron chi connectivity index (χ0n) is 14.1. The first-order valence-corrected chi connectivity index (χ1v) is 8.44. The van der Waals surface area contributed by atoms with E-state index in [1.54, 1.807) is 19.3 Å². The molecule has 0 aliphatic heterocycles. The molecule has 0 fully saturated rings. The van der Waals surface area contributed by atoms with Gasteiger partial charge in [-0.3, -0.25) is 4.98 Å². The SMILES string of the molecule is CCOc1oc(Cc2cccnc2)nc1CC(=O)[O-].Clc1cc2ccc1=2. The summed E-state index contributed by atoms with van der Waals surface area (Å²) >= 11 is 5.60. The molecule has 0 saturated carbocycles. The average molecular weight is 372 g/mol. The number of carbonyl (C=O) groups excluding carboxylic acids is 1. The molecule has 0 radical (unpaired) electrons. The number of hydrogen-bond donors (Lipinski definition) is 0. The molecule has 0 bridgehead atoms. The number of carboxylic acids is 1. The lowest BCUT2D eigenvalue weighted by Gasteiger charge is -2.01. The first kappa shape index (κ1) is 17.9. The highest BCUT2D eigenvalue weighted by Crippen LogP contribution is 2.22. The molecule has 4 rings (SSSR count). The predicted octanol–water partition coefficient (Wildman–Crippen LogP) is 2.29. The van der Waals surface area contributed by atoms with Gasteiger partial charge in [0.05, 0.1) is 13.0 Å². The van der Waals surface area contributed by atoms with Gasteiger partial charge in [0.15, 0.2) is 0 Å². The van der Waals surface area contributed by atoms with Crippen LogP contribution in [0.15, 0.2) is 47.1 Å². The molecule has 134 valence electrons. The first-order chi connectivity index (χ1) is 12.6. The van der Waals surface area contributed by atoms with Crippen LogP contribution in [0.2, 0.25) is 5.02 Å². The van der Waals surface area contributed by atoms with Gasteiger partial charge in [0.25, 0.3) is 0 Å². The number of carbonyl (C=O) groups is 1. The van der Waals surface area contributed by atoms with Gasteiger partial charge >= 0.3 is 5.95 Å². The van der Waals surface area contributed by atoms with Crippen molar-refractivity contribution in [3.8, 4) is 5.95 Å². The van der Waals surface area contributed by atoms with Crippen LogP contribution in [0, 0.1) is 10.4 Å². The van der Waals surface area contributed by atoms with Crippen LogP contribution in [0.1, 0.15) is 24.1 Å².